The Morgan fingerprint density at radius 2 is 1.80 bits per heavy atom. The van der Waals surface area contributed by atoms with Gasteiger partial charge in [0.15, 0.2) is 0 Å². The van der Waals surface area contributed by atoms with Crippen molar-refractivity contribution in [3.63, 3.8) is 0 Å². The minimum absolute atomic E-state index is 0.0329. The fourth-order valence-corrected chi connectivity index (χ4v) is 3.51. The zero-order valence-corrected chi connectivity index (χ0v) is 15.1. The number of piperazine rings is 1. The van der Waals surface area contributed by atoms with Crippen molar-refractivity contribution in [2.45, 2.75) is 38.6 Å². The van der Waals surface area contributed by atoms with E-state index in [9.17, 15) is 9.90 Å². The van der Waals surface area contributed by atoms with E-state index >= 15 is 0 Å². The Balaban J connectivity index is 1.42. The van der Waals surface area contributed by atoms with Crippen molar-refractivity contribution in [3.8, 4) is 0 Å². The summed E-state index contributed by atoms with van der Waals surface area (Å²) in [5.41, 5.74) is 2.42. The average molecular weight is 346 g/mol. The number of β-amino-alcohol motifs (C(OH)–C–C–N with tert-alkyl or cyclic N) is 1. The molecule has 6 nitrogen and oxygen atoms in total. The van der Waals surface area contributed by atoms with Crippen LogP contribution in [0.4, 0.5) is 0 Å². The lowest BCUT2D eigenvalue weighted by Gasteiger charge is -2.34. The topological polar surface area (TPSA) is 67.8 Å². The maximum absolute atomic E-state index is 12.0. The molecule has 0 bridgehead atoms. The molecule has 2 aliphatic rings. The fourth-order valence-electron chi connectivity index (χ4n) is 3.51. The molecule has 0 spiro atoms. The van der Waals surface area contributed by atoms with Gasteiger partial charge in [-0.25, -0.2) is 0 Å². The second-order valence-corrected chi connectivity index (χ2v) is 7.10. The third kappa shape index (κ3) is 5.25. The summed E-state index contributed by atoms with van der Waals surface area (Å²) in [6, 6.07) is 8.23. The Bertz CT molecular complexity index is 555. The lowest BCUT2D eigenvalue weighted by molar-refractivity contribution is -0.123. The molecule has 0 aliphatic carbocycles. The zero-order chi connectivity index (χ0) is 17.6. The number of benzene rings is 1. The number of nitrogens with zero attached hydrogens (tertiary/aromatic N) is 2. The molecule has 1 aromatic rings. The van der Waals surface area contributed by atoms with Crippen LogP contribution in [0.2, 0.25) is 0 Å². The standard InChI is InChI=1S/C19H30N4O2/c1-2-22-7-9-23(10-8-22)14-16-5-3-15(4-6-16)12-21-19(25)18-11-17(24)13-20-18/h3-6,17-18,20,24H,2,7-14H2,1H3,(H,21,25). The first-order valence-corrected chi connectivity index (χ1v) is 9.35. The van der Waals surface area contributed by atoms with Gasteiger partial charge in [-0.05, 0) is 24.1 Å². The van der Waals surface area contributed by atoms with Crippen LogP contribution in [0.15, 0.2) is 24.3 Å². The summed E-state index contributed by atoms with van der Waals surface area (Å²) in [5, 5.41) is 15.5. The number of nitrogens with one attached hydrogen (secondary N) is 2. The molecule has 3 rings (SSSR count). The Morgan fingerprint density at radius 1 is 1.16 bits per heavy atom. The van der Waals surface area contributed by atoms with E-state index in [0.717, 1.165) is 44.8 Å². The second kappa shape index (κ2) is 8.76. The molecule has 2 unspecified atom stereocenters. The number of carbonyl (C=O) groups excluding carboxylic acids is 1. The van der Waals surface area contributed by atoms with Crippen molar-refractivity contribution in [2.75, 3.05) is 39.3 Å². The number of aliphatic hydroxyl groups is 1. The fraction of sp³-hybridized carbons (Fsp3) is 0.632. The van der Waals surface area contributed by atoms with E-state index in [4.69, 9.17) is 0 Å². The summed E-state index contributed by atoms with van der Waals surface area (Å²) in [6.45, 7) is 9.96. The van der Waals surface area contributed by atoms with Crippen molar-refractivity contribution >= 4 is 5.91 Å². The Labute approximate surface area is 150 Å². The summed E-state index contributed by atoms with van der Waals surface area (Å²) in [7, 11) is 0. The van der Waals surface area contributed by atoms with E-state index in [1.54, 1.807) is 0 Å². The van der Waals surface area contributed by atoms with E-state index < -0.39 is 6.10 Å². The zero-order valence-electron chi connectivity index (χ0n) is 15.1. The number of hydrogen-bond donors (Lipinski definition) is 3. The van der Waals surface area contributed by atoms with Crippen LogP contribution >= 0.6 is 0 Å². The predicted molar refractivity (Wildman–Crippen MR) is 98.1 cm³/mol. The van der Waals surface area contributed by atoms with Crippen molar-refractivity contribution < 1.29 is 9.90 Å². The highest BCUT2D eigenvalue weighted by molar-refractivity contribution is 5.82. The Kier molecular flexibility index (Phi) is 6.42. The van der Waals surface area contributed by atoms with Crippen LogP contribution in [0.25, 0.3) is 0 Å². The molecule has 2 atom stereocenters. The minimum Gasteiger partial charge on any atom is -0.392 e. The Hall–Kier alpha value is -1.47. The summed E-state index contributed by atoms with van der Waals surface area (Å²) < 4.78 is 0. The van der Waals surface area contributed by atoms with Gasteiger partial charge in [0.2, 0.25) is 5.91 Å². The van der Waals surface area contributed by atoms with Crippen molar-refractivity contribution in [3.05, 3.63) is 35.4 Å². The van der Waals surface area contributed by atoms with E-state index in [0.29, 0.717) is 19.5 Å². The Morgan fingerprint density at radius 3 is 2.40 bits per heavy atom. The SMILES string of the molecule is CCN1CCN(Cc2ccc(CNC(=O)C3CC(O)CN3)cc2)CC1. The predicted octanol–water partition coefficient (Wildman–Crippen LogP) is 0.163. The molecule has 0 saturated carbocycles. The van der Waals surface area contributed by atoms with E-state index in [-0.39, 0.29) is 11.9 Å². The van der Waals surface area contributed by atoms with Gasteiger partial charge in [-0.15, -0.1) is 0 Å². The van der Waals surface area contributed by atoms with E-state index in [2.05, 4.69) is 51.6 Å². The monoisotopic (exact) mass is 346 g/mol. The van der Waals surface area contributed by atoms with Gasteiger partial charge in [0.1, 0.15) is 0 Å². The van der Waals surface area contributed by atoms with Crippen LogP contribution in [-0.2, 0) is 17.9 Å². The lowest BCUT2D eigenvalue weighted by atomic mass is 10.1. The third-order valence-electron chi connectivity index (χ3n) is 5.23. The molecule has 2 fully saturated rings. The molecule has 1 amide bonds. The van der Waals surface area contributed by atoms with Crippen LogP contribution in [0, 0.1) is 0 Å². The number of hydrogen-bond acceptors (Lipinski definition) is 5. The van der Waals surface area contributed by atoms with Gasteiger partial charge >= 0.3 is 0 Å². The molecular formula is C19H30N4O2. The molecular weight excluding hydrogens is 316 g/mol. The van der Waals surface area contributed by atoms with Gasteiger partial charge in [0, 0.05) is 45.8 Å². The molecule has 1 aromatic carbocycles. The second-order valence-electron chi connectivity index (χ2n) is 7.10. The quantitative estimate of drug-likeness (QED) is 0.685. The summed E-state index contributed by atoms with van der Waals surface area (Å²) in [5.74, 6) is -0.0329. The highest BCUT2D eigenvalue weighted by Gasteiger charge is 2.27. The molecule has 2 heterocycles. The summed E-state index contributed by atoms with van der Waals surface area (Å²) >= 11 is 0. The van der Waals surface area contributed by atoms with E-state index in [1.165, 1.54) is 5.56 Å². The first-order chi connectivity index (χ1) is 12.1. The van der Waals surface area contributed by atoms with Crippen LogP contribution < -0.4 is 10.6 Å². The normalized spacial score (nSPS) is 25.2. The van der Waals surface area contributed by atoms with Crippen LogP contribution in [0.1, 0.15) is 24.5 Å². The molecule has 0 aromatic heterocycles. The smallest absolute Gasteiger partial charge is 0.237 e. The van der Waals surface area contributed by atoms with Crippen LogP contribution in [0.5, 0.6) is 0 Å². The molecule has 138 valence electrons. The summed E-state index contributed by atoms with van der Waals surface area (Å²) in [4.78, 5) is 17.0. The number of likely N-dealkylation sites (N-methyl/N-ethyl adjacent to an activating group) is 1. The first-order valence-electron chi connectivity index (χ1n) is 9.35. The highest BCUT2D eigenvalue weighted by Crippen LogP contribution is 2.11. The molecule has 0 radical (unpaired) electrons. The average Bonchev–Trinajstić information content (AvgIpc) is 3.08. The number of amides is 1. The molecule has 3 N–H and O–H groups in total. The number of carbonyl (C=O) groups is 1. The third-order valence-corrected chi connectivity index (χ3v) is 5.23. The molecule has 2 saturated heterocycles. The molecule has 6 heteroatoms. The highest BCUT2D eigenvalue weighted by atomic mass is 16.3. The molecule has 2 aliphatic heterocycles. The van der Waals surface area contributed by atoms with Crippen LogP contribution in [-0.4, -0.2) is 72.2 Å². The number of rotatable bonds is 6. The maximum Gasteiger partial charge on any atom is 0.237 e. The van der Waals surface area contributed by atoms with Crippen molar-refractivity contribution in [2.24, 2.45) is 0 Å². The minimum atomic E-state index is -0.408. The first kappa shape index (κ1) is 18.3. The van der Waals surface area contributed by atoms with Crippen molar-refractivity contribution in [1.82, 2.24) is 20.4 Å². The van der Waals surface area contributed by atoms with E-state index in [1.807, 2.05) is 0 Å². The van der Waals surface area contributed by atoms with Gasteiger partial charge in [-0.1, -0.05) is 31.2 Å². The van der Waals surface area contributed by atoms with Gasteiger partial charge < -0.3 is 20.6 Å². The maximum atomic E-state index is 12.0. The van der Waals surface area contributed by atoms with Gasteiger partial charge in [-0.3, -0.25) is 9.69 Å². The number of aliphatic hydroxyl groups excluding tert-OH is 1. The van der Waals surface area contributed by atoms with Gasteiger partial charge in [0.25, 0.3) is 0 Å². The van der Waals surface area contributed by atoms with Gasteiger partial charge in [0.05, 0.1) is 12.1 Å². The van der Waals surface area contributed by atoms with Crippen molar-refractivity contribution in [1.29, 1.82) is 0 Å². The lowest BCUT2D eigenvalue weighted by Crippen LogP contribution is -2.45. The van der Waals surface area contributed by atoms with Gasteiger partial charge in [-0.2, -0.15) is 0 Å². The largest absolute Gasteiger partial charge is 0.392 e. The van der Waals surface area contributed by atoms with Crippen LogP contribution in [0.3, 0.4) is 0 Å². The summed E-state index contributed by atoms with van der Waals surface area (Å²) in [6.07, 6.45) is 0.0880. The molecule has 25 heavy (non-hydrogen) atoms.